The molecule has 21 heavy (non-hydrogen) atoms. The van der Waals surface area contributed by atoms with Crippen molar-refractivity contribution in [3.63, 3.8) is 0 Å². The molecule has 0 spiro atoms. The number of hydrogen-bond acceptors (Lipinski definition) is 2. The molecule has 0 bridgehead atoms. The van der Waals surface area contributed by atoms with Crippen LogP contribution in [0, 0.1) is 12.7 Å². The van der Waals surface area contributed by atoms with Crippen LogP contribution in [-0.2, 0) is 0 Å². The second kappa shape index (κ2) is 5.32. The van der Waals surface area contributed by atoms with E-state index in [1.54, 1.807) is 42.7 Å². The molecular weight excluding hydrogens is 267 g/mol. The van der Waals surface area contributed by atoms with Crippen LogP contribution in [0.1, 0.15) is 15.9 Å². The average Bonchev–Trinajstić information content (AvgIpc) is 2.50. The molecule has 0 aliphatic rings. The van der Waals surface area contributed by atoms with Gasteiger partial charge in [0.15, 0.2) is 0 Å². The van der Waals surface area contributed by atoms with E-state index in [0.717, 1.165) is 5.56 Å². The number of carbonyl (C=O) groups is 1. The van der Waals surface area contributed by atoms with Crippen molar-refractivity contribution >= 4 is 22.4 Å². The highest BCUT2D eigenvalue weighted by Gasteiger charge is 2.13. The Kier molecular flexibility index (Phi) is 3.36. The van der Waals surface area contributed by atoms with Crippen LogP contribution in [0.3, 0.4) is 0 Å². The van der Waals surface area contributed by atoms with Crippen molar-refractivity contribution < 1.29 is 9.18 Å². The van der Waals surface area contributed by atoms with Crippen molar-refractivity contribution in [2.75, 3.05) is 5.32 Å². The Morgan fingerprint density at radius 3 is 2.62 bits per heavy atom. The lowest BCUT2D eigenvalue weighted by molar-refractivity contribution is 0.102. The Labute approximate surface area is 121 Å². The van der Waals surface area contributed by atoms with Crippen LogP contribution in [-0.4, -0.2) is 10.9 Å². The number of amides is 1. The van der Waals surface area contributed by atoms with Gasteiger partial charge in [0.1, 0.15) is 5.82 Å². The van der Waals surface area contributed by atoms with E-state index in [4.69, 9.17) is 0 Å². The van der Waals surface area contributed by atoms with E-state index in [1.807, 2.05) is 6.92 Å². The predicted molar refractivity (Wildman–Crippen MR) is 80.8 cm³/mol. The zero-order chi connectivity index (χ0) is 14.8. The molecule has 2 aromatic carbocycles. The van der Waals surface area contributed by atoms with E-state index in [0.29, 0.717) is 22.0 Å². The summed E-state index contributed by atoms with van der Waals surface area (Å²) in [5, 5.41) is 3.88. The fourth-order valence-corrected chi connectivity index (χ4v) is 2.26. The van der Waals surface area contributed by atoms with Gasteiger partial charge in [0.25, 0.3) is 5.91 Å². The van der Waals surface area contributed by atoms with Crippen molar-refractivity contribution in [3.05, 3.63) is 71.8 Å². The summed E-state index contributed by atoms with van der Waals surface area (Å²) in [5.41, 5.74) is 2.02. The van der Waals surface area contributed by atoms with E-state index < -0.39 is 0 Å². The number of pyridine rings is 1. The maximum absolute atomic E-state index is 13.8. The number of anilines is 1. The number of benzene rings is 2. The summed E-state index contributed by atoms with van der Waals surface area (Å²) in [6.45, 7) is 1.87. The van der Waals surface area contributed by atoms with Gasteiger partial charge in [-0.3, -0.25) is 9.78 Å². The molecule has 0 saturated carbocycles. The Morgan fingerprint density at radius 2 is 1.86 bits per heavy atom. The number of hydrogen-bond donors (Lipinski definition) is 1. The summed E-state index contributed by atoms with van der Waals surface area (Å²) in [5.74, 6) is -0.595. The maximum atomic E-state index is 13.8. The van der Waals surface area contributed by atoms with E-state index in [-0.39, 0.29) is 11.7 Å². The van der Waals surface area contributed by atoms with Gasteiger partial charge in [0.2, 0.25) is 0 Å². The number of aromatic nitrogens is 1. The van der Waals surface area contributed by atoms with Gasteiger partial charge in [-0.15, -0.1) is 0 Å². The third-order valence-electron chi connectivity index (χ3n) is 3.38. The molecule has 0 aliphatic carbocycles. The van der Waals surface area contributed by atoms with E-state index in [2.05, 4.69) is 10.3 Å². The van der Waals surface area contributed by atoms with Crippen molar-refractivity contribution in [2.45, 2.75) is 6.92 Å². The molecule has 1 N–H and O–H groups in total. The molecule has 0 aliphatic heterocycles. The highest BCUT2D eigenvalue weighted by atomic mass is 19.1. The molecule has 0 unspecified atom stereocenters. The summed E-state index contributed by atoms with van der Waals surface area (Å²) >= 11 is 0. The summed E-state index contributed by atoms with van der Waals surface area (Å²) in [4.78, 5) is 16.4. The predicted octanol–water partition coefficient (Wildman–Crippen LogP) is 3.93. The molecule has 0 radical (unpaired) electrons. The number of carbonyl (C=O) groups excluding carboxylic acids is 1. The largest absolute Gasteiger partial charge is 0.322 e. The van der Waals surface area contributed by atoms with Gasteiger partial charge < -0.3 is 5.32 Å². The minimum atomic E-state index is -0.331. The standard InChI is InChI=1S/C17H13FN2O/c1-11-10-19-9-8-16(11)20-17(21)14-6-7-15(18)13-5-3-2-4-12(13)14/h2-10H,1H3,(H,19,20,21). The van der Waals surface area contributed by atoms with Crippen LogP contribution in [0.25, 0.3) is 10.8 Å². The molecule has 0 fully saturated rings. The number of nitrogens with zero attached hydrogens (tertiary/aromatic N) is 1. The zero-order valence-electron chi connectivity index (χ0n) is 11.4. The third kappa shape index (κ3) is 2.48. The Morgan fingerprint density at radius 1 is 1.10 bits per heavy atom. The number of fused-ring (bicyclic) bond motifs is 1. The fourth-order valence-electron chi connectivity index (χ4n) is 2.26. The molecule has 0 saturated heterocycles. The van der Waals surface area contributed by atoms with Gasteiger partial charge in [-0.05, 0) is 36.1 Å². The smallest absolute Gasteiger partial charge is 0.256 e. The Balaban J connectivity index is 2.03. The summed E-state index contributed by atoms with van der Waals surface area (Å²) in [6, 6.07) is 11.5. The summed E-state index contributed by atoms with van der Waals surface area (Å²) in [7, 11) is 0. The van der Waals surface area contributed by atoms with Crippen molar-refractivity contribution in [1.82, 2.24) is 4.98 Å². The normalized spacial score (nSPS) is 10.6. The van der Waals surface area contributed by atoms with E-state index in [9.17, 15) is 9.18 Å². The first-order chi connectivity index (χ1) is 10.2. The first kappa shape index (κ1) is 13.2. The molecular formula is C17H13FN2O. The first-order valence-electron chi connectivity index (χ1n) is 6.56. The molecule has 3 aromatic rings. The molecule has 1 heterocycles. The number of aryl methyl sites for hydroxylation is 1. The van der Waals surface area contributed by atoms with Crippen LogP contribution in [0.15, 0.2) is 54.9 Å². The first-order valence-corrected chi connectivity index (χ1v) is 6.56. The summed E-state index contributed by atoms with van der Waals surface area (Å²) in [6.07, 6.45) is 3.30. The second-order valence-corrected chi connectivity index (χ2v) is 4.79. The lowest BCUT2D eigenvalue weighted by Gasteiger charge is -2.10. The minimum Gasteiger partial charge on any atom is -0.322 e. The monoisotopic (exact) mass is 280 g/mol. The fraction of sp³-hybridized carbons (Fsp3) is 0.0588. The van der Waals surface area contributed by atoms with Crippen LogP contribution in [0.4, 0.5) is 10.1 Å². The molecule has 3 rings (SSSR count). The van der Waals surface area contributed by atoms with E-state index >= 15 is 0 Å². The van der Waals surface area contributed by atoms with Crippen LogP contribution in [0.2, 0.25) is 0 Å². The molecule has 1 amide bonds. The second-order valence-electron chi connectivity index (χ2n) is 4.79. The van der Waals surface area contributed by atoms with Gasteiger partial charge in [-0.25, -0.2) is 4.39 Å². The maximum Gasteiger partial charge on any atom is 0.256 e. The summed E-state index contributed by atoms with van der Waals surface area (Å²) < 4.78 is 13.8. The molecule has 104 valence electrons. The topological polar surface area (TPSA) is 42.0 Å². The number of rotatable bonds is 2. The van der Waals surface area contributed by atoms with Gasteiger partial charge in [0, 0.05) is 29.0 Å². The lowest BCUT2D eigenvalue weighted by atomic mass is 10.0. The molecule has 0 atom stereocenters. The van der Waals surface area contributed by atoms with Crippen molar-refractivity contribution in [3.8, 4) is 0 Å². The third-order valence-corrected chi connectivity index (χ3v) is 3.38. The van der Waals surface area contributed by atoms with Crippen molar-refractivity contribution in [2.24, 2.45) is 0 Å². The molecule has 3 nitrogen and oxygen atoms in total. The molecule has 1 aromatic heterocycles. The Hall–Kier alpha value is -2.75. The van der Waals surface area contributed by atoms with Gasteiger partial charge >= 0.3 is 0 Å². The average molecular weight is 280 g/mol. The zero-order valence-corrected chi connectivity index (χ0v) is 11.4. The number of nitrogens with one attached hydrogen (secondary N) is 1. The quantitative estimate of drug-likeness (QED) is 0.772. The molecule has 4 heteroatoms. The lowest BCUT2D eigenvalue weighted by Crippen LogP contribution is -2.13. The van der Waals surface area contributed by atoms with E-state index in [1.165, 1.54) is 12.1 Å². The van der Waals surface area contributed by atoms with Crippen molar-refractivity contribution in [1.29, 1.82) is 0 Å². The van der Waals surface area contributed by atoms with Crippen LogP contribution in [0.5, 0.6) is 0 Å². The van der Waals surface area contributed by atoms with Crippen LogP contribution < -0.4 is 5.32 Å². The number of halogens is 1. The highest BCUT2D eigenvalue weighted by molar-refractivity contribution is 6.13. The highest BCUT2D eigenvalue weighted by Crippen LogP contribution is 2.23. The van der Waals surface area contributed by atoms with Gasteiger partial charge in [-0.2, -0.15) is 0 Å². The Bertz CT molecular complexity index is 830. The van der Waals surface area contributed by atoms with Gasteiger partial charge in [0.05, 0.1) is 0 Å². The minimum absolute atomic E-state index is 0.263. The van der Waals surface area contributed by atoms with Crippen LogP contribution >= 0.6 is 0 Å². The SMILES string of the molecule is Cc1cnccc1NC(=O)c1ccc(F)c2ccccc12. The van der Waals surface area contributed by atoms with Gasteiger partial charge in [-0.1, -0.05) is 24.3 Å².